The number of aromatic nitrogens is 1. The van der Waals surface area contributed by atoms with Crippen molar-refractivity contribution < 1.29 is 9.59 Å². The average molecular weight is 372 g/mol. The van der Waals surface area contributed by atoms with E-state index in [1.165, 1.54) is 11.3 Å². The molecule has 1 aliphatic rings. The molecule has 3 rings (SSSR count). The summed E-state index contributed by atoms with van der Waals surface area (Å²) >= 11 is 1.39. The van der Waals surface area contributed by atoms with Crippen LogP contribution in [0.5, 0.6) is 0 Å². The van der Waals surface area contributed by atoms with Gasteiger partial charge in [0.05, 0.1) is 0 Å². The van der Waals surface area contributed by atoms with Gasteiger partial charge in [0, 0.05) is 54.4 Å². The fraction of sp³-hybridized carbons (Fsp3) is 0.421. The number of hydrogen-bond donors (Lipinski definition) is 1. The zero-order valence-corrected chi connectivity index (χ0v) is 16.2. The first-order valence-electron chi connectivity index (χ1n) is 8.70. The maximum Gasteiger partial charge on any atom is 0.257 e. The van der Waals surface area contributed by atoms with Crippen molar-refractivity contribution in [1.29, 1.82) is 0 Å². The number of rotatable bonds is 3. The van der Waals surface area contributed by atoms with Crippen molar-refractivity contribution in [3.8, 4) is 0 Å². The lowest BCUT2D eigenvalue weighted by molar-refractivity contribution is -0.139. The summed E-state index contributed by atoms with van der Waals surface area (Å²) in [4.78, 5) is 32.8. The number of anilines is 2. The Kier molecular flexibility index (Phi) is 5.27. The third-order valence-corrected chi connectivity index (χ3v) is 5.04. The summed E-state index contributed by atoms with van der Waals surface area (Å²) in [5.41, 5.74) is 1.33. The van der Waals surface area contributed by atoms with E-state index in [2.05, 4.69) is 15.2 Å². The Morgan fingerprint density at radius 3 is 2.27 bits per heavy atom. The number of hydrogen-bond acceptors (Lipinski definition) is 5. The molecule has 0 saturated carbocycles. The minimum Gasteiger partial charge on any atom is -0.368 e. The molecule has 6 nitrogen and oxygen atoms in total. The lowest BCUT2D eigenvalue weighted by Crippen LogP contribution is -2.51. The van der Waals surface area contributed by atoms with Crippen molar-refractivity contribution in [2.75, 3.05) is 36.4 Å². The van der Waals surface area contributed by atoms with Gasteiger partial charge in [-0.2, -0.15) is 0 Å². The molecule has 138 valence electrons. The van der Waals surface area contributed by atoms with E-state index < -0.39 is 0 Å². The molecule has 2 aromatic rings. The van der Waals surface area contributed by atoms with Gasteiger partial charge in [-0.3, -0.25) is 14.9 Å². The summed E-state index contributed by atoms with van der Waals surface area (Å²) in [7, 11) is 0. The molecule has 0 radical (unpaired) electrons. The molecule has 7 heteroatoms. The topological polar surface area (TPSA) is 65.5 Å². The molecule has 0 bridgehead atoms. The van der Waals surface area contributed by atoms with Gasteiger partial charge in [-0.25, -0.2) is 4.98 Å². The van der Waals surface area contributed by atoms with Crippen molar-refractivity contribution >= 4 is 34.0 Å². The Balaban J connectivity index is 1.58. The zero-order chi connectivity index (χ0) is 18.7. The van der Waals surface area contributed by atoms with Gasteiger partial charge in [-0.15, -0.1) is 11.3 Å². The van der Waals surface area contributed by atoms with Crippen LogP contribution in [0.2, 0.25) is 0 Å². The van der Waals surface area contributed by atoms with Crippen LogP contribution in [0.1, 0.15) is 31.1 Å². The number of nitrogens with zero attached hydrogens (tertiary/aromatic N) is 3. The highest BCUT2D eigenvalue weighted by Crippen LogP contribution is 2.22. The first-order chi connectivity index (χ1) is 12.3. The Hall–Kier alpha value is -2.41. The van der Waals surface area contributed by atoms with Crippen molar-refractivity contribution in [2.24, 2.45) is 5.41 Å². The Labute approximate surface area is 157 Å². The number of benzene rings is 1. The summed E-state index contributed by atoms with van der Waals surface area (Å²) < 4.78 is 0. The summed E-state index contributed by atoms with van der Waals surface area (Å²) in [5, 5.41) is 5.20. The van der Waals surface area contributed by atoms with E-state index in [1.54, 1.807) is 6.20 Å². The number of carbonyl (C=O) groups excluding carboxylic acids is 2. The highest BCUT2D eigenvalue weighted by molar-refractivity contribution is 7.13. The standard InChI is InChI=1S/C19H24N4O2S/c1-19(2,3)17(25)23-11-9-22(10-12-23)15-6-4-14(5-7-15)16(24)21-18-20-8-13-26-18/h4-8,13H,9-12H2,1-3H3,(H,20,21,24). The fourth-order valence-corrected chi connectivity index (χ4v) is 3.44. The fourth-order valence-electron chi connectivity index (χ4n) is 2.92. The highest BCUT2D eigenvalue weighted by Gasteiger charge is 2.29. The van der Waals surface area contributed by atoms with E-state index in [0.29, 0.717) is 10.7 Å². The summed E-state index contributed by atoms with van der Waals surface area (Å²) in [6, 6.07) is 7.56. The van der Waals surface area contributed by atoms with E-state index >= 15 is 0 Å². The van der Waals surface area contributed by atoms with Gasteiger partial charge in [0.2, 0.25) is 5.91 Å². The second kappa shape index (κ2) is 7.45. The molecular weight excluding hydrogens is 348 g/mol. The lowest BCUT2D eigenvalue weighted by atomic mass is 9.94. The minimum absolute atomic E-state index is 0.160. The maximum absolute atomic E-state index is 12.4. The molecule has 26 heavy (non-hydrogen) atoms. The van der Waals surface area contributed by atoms with Crippen molar-refractivity contribution in [1.82, 2.24) is 9.88 Å². The van der Waals surface area contributed by atoms with Gasteiger partial charge in [-0.1, -0.05) is 20.8 Å². The predicted octanol–water partition coefficient (Wildman–Crippen LogP) is 3.09. The summed E-state index contributed by atoms with van der Waals surface area (Å²) in [6.07, 6.45) is 1.66. The van der Waals surface area contributed by atoms with Crippen LogP contribution in [0, 0.1) is 5.41 Å². The first-order valence-corrected chi connectivity index (χ1v) is 9.58. The van der Waals surface area contributed by atoms with E-state index in [-0.39, 0.29) is 17.2 Å². The van der Waals surface area contributed by atoms with Crippen LogP contribution in [0.15, 0.2) is 35.8 Å². The van der Waals surface area contributed by atoms with Gasteiger partial charge >= 0.3 is 0 Å². The highest BCUT2D eigenvalue weighted by atomic mass is 32.1. The molecule has 2 heterocycles. The quantitative estimate of drug-likeness (QED) is 0.899. The van der Waals surface area contributed by atoms with Crippen LogP contribution in [-0.4, -0.2) is 47.9 Å². The number of amides is 2. The van der Waals surface area contributed by atoms with Crippen molar-refractivity contribution in [2.45, 2.75) is 20.8 Å². The van der Waals surface area contributed by atoms with Crippen LogP contribution in [-0.2, 0) is 4.79 Å². The van der Waals surface area contributed by atoms with Crippen LogP contribution < -0.4 is 10.2 Å². The van der Waals surface area contributed by atoms with Crippen molar-refractivity contribution in [3.63, 3.8) is 0 Å². The molecule has 1 N–H and O–H groups in total. The lowest BCUT2D eigenvalue weighted by Gasteiger charge is -2.38. The SMILES string of the molecule is CC(C)(C)C(=O)N1CCN(c2ccc(C(=O)Nc3nccs3)cc2)CC1. The summed E-state index contributed by atoms with van der Waals surface area (Å²) in [6.45, 7) is 8.91. The molecule has 0 atom stereocenters. The molecule has 2 amide bonds. The molecule has 1 aromatic heterocycles. The Morgan fingerprint density at radius 1 is 1.08 bits per heavy atom. The van der Waals surface area contributed by atoms with Gasteiger partial charge < -0.3 is 9.80 Å². The largest absolute Gasteiger partial charge is 0.368 e. The first kappa shape index (κ1) is 18.4. The molecule has 1 aliphatic heterocycles. The molecule has 1 fully saturated rings. The molecule has 0 aliphatic carbocycles. The second-order valence-corrected chi connectivity index (χ2v) is 8.26. The van der Waals surface area contributed by atoms with Crippen LogP contribution >= 0.6 is 11.3 Å². The van der Waals surface area contributed by atoms with Gasteiger partial charge in [0.15, 0.2) is 5.13 Å². The molecule has 1 saturated heterocycles. The molecular formula is C19H24N4O2S. The van der Waals surface area contributed by atoms with Gasteiger partial charge in [0.1, 0.15) is 0 Å². The Morgan fingerprint density at radius 2 is 1.73 bits per heavy atom. The monoisotopic (exact) mass is 372 g/mol. The van der Waals surface area contributed by atoms with Crippen LogP contribution in [0.3, 0.4) is 0 Å². The third kappa shape index (κ3) is 4.22. The summed E-state index contributed by atoms with van der Waals surface area (Å²) in [5.74, 6) is 0.0402. The number of carbonyl (C=O) groups is 2. The Bertz CT molecular complexity index is 758. The van der Waals surface area contributed by atoms with E-state index in [0.717, 1.165) is 31.9 Å². The second-order valence-electron chi connectivity index (χ2n) is 7.37. The molecule has 0 unspecified atom stereocenters. The van der Waals surface area contributed by atoms with Gasteiger partial charge in [0.25, 0.3) is 5.91 Å². The van der Waals surface area contributed by atoms with E-state index in [9.17, 15) is 9.59 Å². The average Bonchev–Trinajstić information content (AvgIpc) is 3.13. The third-order valence-electron chi connectivity index (χ3n) is 4.36. The predicted molar refractivity (Wildman–Crippen MR) is 105 cm³/mol. The van der Waals surface area contributed by atoms with E-state index in [1.807, 2.05) is 55.3 Å². The van der Waals surface area contributed by atoms with Crippen LogP contribution in [0.4, 0.5) is 10.8 Å². The normalized spacial score (nSPS) is 15.0. The number of thiazole rings is 1. The maximum atomic E-state index is 12.4. The number of nitrogens with one attached hydrogen (secondary N) is 1. The molecule has 0 spiro atoms. The smallest absolute Gasteiger partial charge is 0.257 e. The minimum atomic E-state index is -0.339. The van der Waals surface area contributed by atoms with Gasteiger partial charge in [-0.05, 0) is 24.3 Å². The molecule has 1 aromatic carbocycles. The van der Waals surface area contributed by atoms with Crippen molar-refractivity contribution in [3.05, 3.63) is 41.4 Å². The van der Waals surface area contributed by atoms with Crippen LogP contribution in [0.25, 0.3) is 0 Å². The van der Waals surface area contributed by atoms with E-state index in [4.69, 9.17) is 0 Å². The number of piperazine rings is 1. The zero-order valence-electron chi connectivity index (χ0n) is 15.4.